The quantitative estimate of drug-likeness (QED) is 0.340. The van der Waals surface area contributed by atoms with Crippen LogP contribution in [-0.4, -0.2) is 34.7 Å². The van der Waals surface area contributed by atoms with Gasteiger partial charge in [-0.15, -0.1) is 0 Å². The van der Waals surface area contributed by atoms with Crippen molar-refractivity contribution in [1.82, 2.24) is 5.32 Å². The van der Waals surface area contributed by atoms with Crippen LogP contribution < -0.4 is 5.32 Å². The molecule has 3 N–H and O–H groups in total. The standard InChI is InChI=1S/C26H36NO6P/c1-7-33-25(30)22(10-15(2)3)27-24(29)21-14-18(8-9-23(21)28)13-20-16(4)11-19(12-17(20)5)26(6,31)34-32/h8-9,11-12,14-15,22,28,31H,7,10,13,34H2,1-6H3,(H,27,29)/t22-,26?/m1/s1. The molecule has 1 amide bonds. The predicted molar refractivity (Wildman–Crippen MR) is 134 cm³/mol. The van der Waals surface area contributed by atoms with E-state index in [1.165, 1.54) is 13.0 Å². The van der Waals surface area contributed by atoms with Crippen LogP contribution >= 0.6 is 8.46 Å². The molecule has 2 unspecified atom stereocenters. The first-order valence-electron chi connectivity index (χ1n) is 11.5. The lowest BCUT2D eigenvalue weighted by atomic mass is 9.92. The van der Waals surface area contributed by atoms with Gasteiger partial charge in [0.1, 0.15) is 17.1 Å². The van der Waals surface area contributed by atoms with E-state index in [1.807, 2.05) is 39.8 Å². The third-order valence-corrected chi connectivity index (χ3v) is 6.57. The summed E-state index contributed by atoms with van der Waals surface area (Å²) in [6.07, 6.45) is 0.919. The Balaban J connectivity index is 2.32. The summed E-state index contributed by atoms with van der Waals surface area (Å²) in [5.41, 5.74) is 4.38. The van der Waals surface area contributed by atoms with Gasteiger partial charge >= 0.3 is 5.97 Å². The number of hydrogen-bond acceptors (Lipinski definition) is 6. The van der Waals surface area contributed by atoms with Gasteiger partial charge < -0.3 is 24.8 Å². The van der Waals surface area contributed by atoms with Gasteiger partial charge in [0.25, 0.3) is 5.91 Å². The Labute approximate surface area is 202 Å². The van der Waals surface area contributed by atoms with Crippen molar-refractivity contribution in [2.75, 3.05) is 6.61 Å². The number of aromatic hydroxyl groups is 1. The lowest BCUT2D eigenvalue weighted by Gasteiger charge is -2.21. The van der Waals surface area contributed by atoms with Crippen LogP contribution in [-0.2, 0) is 25.9 Å². The summed E-state index contributed by atoms with van der Waals surface area (Å²) in [5.74, 6) is -1.06. The van der Waals surface area contributed by atoms with Crippen LogP contribution in [0.3, 0.4) is 0 Å². The molecule has 0 spiro atoms. The largest absolute Gasteiger partial charge is 0.507 e. The normalized spacial score (nSPS) is 14.2. The minimum Gasteiger partial charge on any atom is -0.507 e. The summed E-state index contributed by atoms with van der Waals surface area (Å²) in [6.45, 7) is 11.2. The van der Waals surface area contributed by atoms with E-state index in [0.29, 0.717) is 18.4 Å². The average molecular weight is 490 g/mol. The van der Waals surface area contributed by atoms with Gasteiger partial charge in [0, 0.05) is 0 Å². The molecule has 3 atom stereocenters. The molecule has 0 saturated heterocycles. The fourth-order valence-electron chi connectivity index (χ4n) is 3.88. The molecule has 8 heteroatoms. The van der Waals surface area contributed by atoms with Crippen molar-refractivity contribution in [3.8, 4) is 5.75 Å². The summed E-state index contributed by atoms with van der Waals surface area (Å²) in [7, 11) is -1.40. The van der Waals surface area contributed by atoms with Gasteiger partial charge in [0.15, 0.2) is 0 Å². The van der Waals surface area contributed by atoms with E-state index in [2.05, 4.69) is 5.32 Å². The number of nitrogens with one attached hydrogen (secondary N) is 1. The molecule has 0 bridgehead atoms. The molecule has 0 radical (unpaired) electrons. The van der Waals surface area contributed by atoms with Crippen molar-refractivity contribution in [2.45, 2.75) is 65.8 Å². The molecule has 2 rings (SSSR count). The number of hydrogen-bond donors (Lipinski definition) is 3. The van der Waals surface area contributed by atoms with Crippen molar-refractivity contribution >= 4 is 20.3 Å². The molecule has 0 fully saturated rings. The zero-order chi connectivity index (χ0) is 25.6. The van der Waals surface area contributed by atoms with Crippen molar-refractivity contribution in [1.29, 1.82) is 0 Å². The predicted octanol–water partition coefficient (Wildman–Crippen LogP) is 4.23. The highest BCUT2D eigenvalue weighted by molar-refractivity contribution is 7.25. The van der Waals surface area contributed by atoms with Gasteiger partial charge in [-0.3, -0.25) is 4.79 Å². The first-order valence-corrected chi connectivity index (χ1v) is 12.5. The third-order valence-electron chi connectivity index (χ3n) is 5.78. The number of phenols is 1. The van der Waals surface area contributed by atoms with Crippen molar-refractivity contribution in [2.24, 2.45) is 5.92 Å². The van der Waals surface area contributed by atoms with Crippen molar-refractivity contribution in [3.05, 3.63) is 63.7 Å². The SMILES string of the molecule is CCOC(=O)[C@@H](CC(C)C)NC(=O)c1cc(Cc2c(C)cc(C(C)(O)[PH2]=O)cc2C)ccc1O. The summed E-state index contributed by atoms with van der Waals surface area (Å²) < 4.78 is 16.5. The van der Waals surface area contributed by atoms with E-state index in [-0.39, 0.29) is 23.8 Å². The second-order valence-electron chi connectivity index (χ2n) is 9.29. The second kappa shape index (κ2) is 11.7. The highest BCUT2D eigenvalue weighted by Crippen LogP contribution is 2.34. The molecular formula is C26H36NO6P. The molecular weight excluding hydrogens is 453 g/mol. The van der Waals surface area contributed by atoms with Crippen LogP contribution in [0.5, 0.6) is 5.75 Å². The number of carbonyl (C=O) groups excluding carboxylic acids is 2. The maximum Gasteiger partial charge on any atom is 0.328 e. The average Bonchev–Trinajstić information content (AvgIpc) is 2.76. The van der Waals surface area contributed by atoms with Crippen LogP contribution in [0.4, 0.5) is 0 Å². The van der Waals surface area contributed by atoms with E-state index >= 15 is 0 Å². The summed E-state index contributed by atoms with van der Waals surface area (Å²) >= 11 is 0. The number of aliphatic hydroxyl groups is 1. The van der Waals surface area contributed by atoms with Crippen LogP contribution in [0.2, 0.25) is 0 Å². The highest BCUT2D eigenvalue weighted by atomic mass is 31.1. The lowest BCUT2D eigenvalue weighted by Crippen LogP contribution is -2.42. The molecule has 0 saturated carbocycles. The molecule has 186 valence electrons. The van der Waals surface area contributed by atoms with Gasteiger partial charge in [-0.25, -0.2) is 4.79 Å². The smallest absolute Gasteiger partial charge is 0.328 e. The highest BCUT2D eigenvalue weighted by Gasteiger charge is 2.26. The van der Waals surface area contributed by atoms with Crippen molar-refractivity contribution < 1.29 is 29.1 Å². The second-order valence-corrected chi connectivity index (χ2v) is 10.6. The van der Waals surface area contributed by atoms with E-state index < -0.39 is 31.7 Å². The molecule has 0 aliphatic heterocycles. The Morgan fingerprint density at radius 3 is 2.29 bits per heavy atom. The van der Waals surface area contributed by atoms with Gasteiger partial charge in [0.2, 0.25) is 0 Å². The Kier molecular flexibility index (Phi) is 9.48. The maximum absolute atomic E-state index is 13.0. The zero-order valence-electron chi connectivity index (χ0n) is 20.8. The maximum atomic E-state index is 13.0. The van der Waals surface area contributed by atoms with Gasteiger partial charge in [-0.1, -0.05) is 32.0 Å². The number of rotatable bonds is 10. The molecule has 0 aromatic heterocycles. The molecule has 34 heavy (non-hydrogen) atoms. The van der Waals surface area contributed by atoms with E-state index in [9.17, 15) is 24.4 Å². The Hall–Kier alpha value is -2.63. The number of benzene rings is 2. The van der Waals surface area contributed by atoms with E-state index in [1.54, 1.807) is 19.1 Å². The lowest BCUT2D eigenvalue weighted by molar-refractivity contribution is -0.145. The molecule has 7 nitrogen and oxygen atoms in total. The number of esters is 1. The minimum absolute atomic E-state index is 0.0837. The van der Waals surface area contributed by atoms with Crippen LogP contribution in [0.15, 0.2) is 30.3 Å². The number of ether oxygens (including phenoxy) is 1. The monoisotopic (exact) mass is 489 g/mol. The summed E-state index contributed by atoms with van der Waals surface area (Å²) in [5, 5.41) is 22.1. The Bertz CT molecular complexity index is 1040. The van der Waals surface area contributed by atoms with Gasteiger partial charge in [0.05, 0.1) is 20.6 Å². The Morgan fingerprint density at radius 1 is 1.15 bits per heavy atom. The zero-order valence-corrected chi connectivity index (χ0v) is 21.9. The molecule has 0 heterocycles. The molecule has 0 aliphatic rings. The van der Waals surface area contributed by atoms with E-state index in [0.717, 1.165) is 22.3 Å². The topological polar surface area (TPSA) is 113 Å². The number of phenolic OH excluding ortho intramolecular Hbond substituents is 1. The summed E-state index contributed by atoms with van der Waals surface area (Å²) in [4.78, 5) is 25.3. The summed E-state index contributed by atoms with van der Waals surface area (Å²) in [6, 6.07) is 7.69. The Morgan fingerprint density at radius 2 is 1.76 bits per heavy atom. The molecule has 0 aliphatic carbocycles. The van der Waals surface area contributed by atoms with Crippen LogP contribution in [0, 0.1) is 19.8 Å². The van der Waals surface area contributed by atoms with E-state index in [4.69, 9.17) is 4.74 Å². The fraction of sp³-hybridized carbons (Fsp3) is 0.462. The van der Waals surface area contributed by atoms with Gasteiger partial charge in [-0.2, -0.15) is 0 Å². The first kappa shape index (κ1) is 27.6. The van der Waals surface area contributed by atoms with Crippen LogP contribution in [0.25, 0.3) is 0 Å². The third kappa shape index (κ3) is 6.94. The number of carbonyl (C=O) groups is 2. The first-order chi connectivity index (χ1) is 15.9. The van der Waals surface area contributed by atoms with Crippen LogP contribution in [0.1, 0.15) is 72.3 Å². The minimum atomic E-state index is -1.40. The molecule has 2 aromatic rings. The number of amides is 1. The fourth-order valence-corrected chi connectivity index (χ4v) is 4.18. The van der Waals surface area contributed by atoms with Gasteiger partial charge in [-0.05, 0) is 86.4 Å². The number of aryl methyl sites for hydroxylation is 2. The molecule has 2 aromatic carbocycles. The van der Waals surface area contributed by atoms with Crippen molar-refractivity contribution in [3.63, 3.8) is 0 Å².